The number of fused-ring (bicyclic) bond motifs is 1. The molecule has 1 N–H and O–H groups in total. The molecule has 0 saturated carbocycles. The largest absolute Gasteiger partial charge is 0.492 e. The number of benzene rings is 1. The van der Waals surface area contributed by atoms with Gasteiger partial charge in [-0.3, -0.25) is 9.59 Å². The summed E-state index contributed by atoms with van der Waals surface area (Å²) in [6, 6.07) is 5.39. The Bertz CT molecular complexity index is 691. The Morgan fingerprint density at radius 1 is 1.14 bits per heavy atom. The van der Waals surface area contributed by atoms with Gasteiger partial charge in [-0.25, -0.2) is 8.78 Å². The Hall–Kier alpha value is -2.50. The Morgan fingerprint density at radius 2 is 1.81 bits per heavy atom. The molecule has 1 fully saturated rings. The fourth-order valence-corrected chi connectivity index (χ4v) is 2.71. The van der Waals surface area contributed by atoms with Crippen LogP contribution in [0.25, 0.3) is 0 Å². The third kappa shape index (κ3) is 2.03. The molecule has 2 aliphatic rings. The Morgan fingerprint density at radius 3 is 2.43 bits per heavy atom. The molecule has 0 radical (unpaired) electrons. The smallest absolute Gasteiger partial charge is 0.292 e. The zero-order chi connectivity index (χ0) is 15.1. The molecule has 2 unspecified atom stereocenters. The Kier molecular flexibility index (Phi) is 3.08. The second-order valence-corrected chi connectivity index (χ2v) is 4.83. The SMILES string of the molecule is COC1=C2NC(=O)C(=O)C2C(c2ccc(F)cc2)C=C1F. The van der Waals surface area contributed by atoms with Crippen LogP contribution in [0.5, 0.6) is 0 Å². The van der Waals surface area contributed by atoms with Crippen molar-refractivity contribution in [1.82, 2.24) is 5.32 Å². The molecule has 4 nitrogen and oxygen atoms in total. The molecule has 1 aromatic carbocycles. The van der Waals surface area contributed by atoms with Gasteiger partial charge in [-0.05, 0) is 23.8 Å². The molecule has 108 valence electrons. The van der Waals surface area contributed by atoms with Crippen LogP contribution < -0.4 is 5.32 Å². The molecule has 1 aliphatic heterocycles. The van der Waals surface area contributed by atoms with Crippen molar-refractivity contribution < 1.29 is 23.1 Å². The normalized spacial score (nSPS) is 24.6. The van der Waals surface area contributed by atoms with Crippen LogP contribution in [0.4, 0.5) is 8.78 Å². The maximum absolute atomic E-state index is 14.1. The van der Waals surface area contributed by atoms with Crippen LogP contribution in [-0.2, 0) is 14.3 Å². The van der Waals surface area contributed by atoms with Gasteiger partial charge >= 0.3 is 0 Å². The number of Topliss-reactive ketones (excluding diaryl/α,β-unsaturated/α-hetero) is 1. The van der Waals surface area contributed by atoms with Crippen molar-refractivity contribution in [3.05, 3.63) is 59.0 Å². The number of carbonyl (C=O) groups is 2. The Labute approximate surface area is 119 Å². The van der Waals surface area contributed by atoms with Crippen LogP contribution in [0.2, 0.25) is 0 Å². The maximum atomic E-state index is 14.1. The molecule has 21 heavy (non-hydrogen) atoms. The predicted molar refractivity (Wildman–Crippen MR) is 69.0 cm³/mol. The van der Waals surface area contributed by atoms with E-state index in [1.807, 2.05) is 0 Å². The maximum Gasteiger partial charge on any atom is 0.292 e. The van der Waals surface area contributed by atoms with Crippen LogP contribution in [0, 0.1) is 11.7 Å². The van der Waals surface area contributed by atoms with E-state index in [0.717, 1.165) is 0 Å². The van der Waals surface area contributed by atoms with E-state index in [2.05, 4.69) is 5.32 Å². The first-order valence-corrected chi connectivity index (χ1v) is 6.29. The van der Waals surface area contributed by atoms with E-state index < -0.39 is 35.2 Å². The van der Waals surface area contributed by atoms with E-state index in [1.165, 1.54) is 37.5 Å². The average molecular weight is 291 g/mol. The van der Waals surface area contributed by atoms with Crippen molar-refractivity contribution in [2.45, 2.75) is 5.92 Å². The van der Waals surface area contributed by atoms with Gasteiger partial charge in [0.2, 0.25) is 5.78 Å². The predicted octanol–water partition coefficient (Wildman–Crippen LogP) is 1.95. The van der Waals surface area contributed by atoms with Gasteiger partial charge in [-0.1, -0.05) is 12.1 Å². The number of rotatable bonds is 2. The number of ketones is 1. The summed E-state index contributed by atoms with van der Waals surface area (Å²) >= 11 is 0. The fraction of sp³-hybridized carbons (Fsp3) is 0.200. The van der Waals surface area contributed by atoms with Gasteiger partial charge < -0.3 is 10.1 Å². The van der Waals surface area contributed by atoms with Crippen molar-refractivity contribution in [2.75, 3.05) is 7.11 Å². The van der Waals surface area contributed by atoms with E-state index in [0.29, 0.717) is 5.56 Å². The van der Waals surface area contributed by atoms with E-state index in [4.69, 9.17) is 4.74 Å². The van der Waals surface area contributed by atoms with E-state index in [-0.39, 0.29) is 11.5 Å². The molecule has 0 bridgehead atoms. The van der Waals surface area contributed by atoms with Crippen LogP contribution in [0.1, 0.15) is 11.5 Å². The molecule has 0 aromatic heterocycles. The zero-order valence-electron chi connectivity index (χ0n) is 11.0. The molecule has 0 spiro atoms. The summed E-state index contributed by atoms with van der Waals surface area (Å²) in [7, 11) is 1.26. The standard InChI is InChI=1S/C15H11F2NO3/c1-21-14-10(17)6-9(7-2-4-8(16)5-3-7)11-12(14)18-15(20)13(11)19/h2-6,9,11H,1H3,(H,18,20). The van der Waals surface area contributed by atoms with Crippen molar-refractivity contribution in [1.29, 1.82) is 0 Å². The second-order valence-electron chi connectivity index (χ2n) is 4.83. The van der Waals surface area contributed by atoms with Crippen LogP contribution in [-0.4, -0.2) is 18.8 Å². The lowest BCUT2D eigenvalue weighted by Gasteiger charge is -2.25. The topological polar surface area (TPSA) is 55.4 Å². The highest BCUT2D eigenvalue weighted by Crippen LogP contribution is 2.42. The molecule has 2 atom stereocenters. The highest BCUT2D eigenvalue weighted by atomic mass is 19.1. The summed E-state index contributed by atoms with van der Waals surface area (Å²) in [5, 5.41) is 2.36. The lowest BCUT2D eigenvalue weighted by atomic mass is 9.79. The lowest BCUT2D eigenvalue weighted by molar-refractivity contribution is -0.136. The van der Waals surface area contributed by atoms with Gasteiger partial charge in [0.1, 0.15) is 5.82 Å². The molecule has 3 rings (SSSR count). The van der Waals surface area contributed by atoms with Gasteiger partial charge in [0.15, 0.2) is 11.6 Å². The summed E-state index contributed by atoms with van der Waals surface area (Å²) in [6.07, 6.45) is 1.22. The molecule has 6 heteroatoms. The zero-order valence-corrected chi connectivity index (χ0v) is 11.0. The minimum atomic E-state index is -0.864. The highest BCUT2D eigenvalue weighted by molar-refractivity contribution is 6.40. The molecule has 1 aliphatic carbocycles. The highest BCUT2D eigenvalue weighted by Gasteiger charge is 2.47. The number of ether oxygens (including phenoxy) is 1. The Balaban J connectivity index is 2.11. The second kappa shape index (κ2) is 4.80. The summed E-state index contributed by atoms with van der Waals surface area (Å²) in [5.74, 6) is -4.22. The first-order valence-electron chi connectivity index (χ1n) is 6.29. The summed E-state index contributed by atoms with van der Waals surface area (Å²) in [6.45, 7) is 0. The number of hydrogen-bond acceptors (Lipinski definition) is 3. The van der Waals surface area contributed by atoms with Crippen molar-refractivity contribution >= 4 is 11.7 Å². The minimum Gasteiger partial charge on any atom is -0.492 e. The number of amides is 1. The number of nitrogens with one attached hydrogen (secondary N) is 1. The van der Waals surface area contributed by atoms with Gasteiger partial charge in [0.05, 0.1) is 18.7 Å². The van der Waals surface area contributed by atoms with Crippen LogP contribution in [0.3, 0.4) is 0 Å². The van der Waals surface area contributed by atoms with Crippen molar-refractivity contribution in [3.63, 3.8) is 0 Å². The summed E-state index contributed by atoms with van der Waals surface area (Å²) in [5.41, 5.74) is 0.677. The van der Waals surface area contributed by atoms with E-state index in [9.17, 15) is 18.4 Å². The molecule has 1 aromatic rings. The third-order valence-corrected chi connectivity index (χ3v) is 3.67. The average Bonchev–Trinajstić information content (AvgIpc) is 2.75. The fourth-order valence-electron chi connectivity index (χ4n) is 2.71. The van der Waals surface area contributed by atoms with E-state index >= 15 is 0 Å². The number of halogens is 2. The monoisotopic (exact) mass is 291 g/mol. The first kappa shape index (κ1) is 13.5. The summed E-state index contributed by atoms with van der Waals surface area (Å²) < 4.78 is 32.0. The molecular weight excluding hydrogens is 280 g/mol. The number of hydrogen-bond donors (Lipinski definition) is 1. The molecule has 1 heterocycles. The van der Waals surface area contributed by atoms with Crippen LogP contribution in [0.15, 0.2) is 47.6 Å². The van der Waals surface area contributed by atoms with Gasteiger partial charge in [-0.15, -0.1) is 0 Å². The first-order chi connectivity index (χ1) is 10.0. The quantitative estimate of drug-likeness (QED) is 0.847. The minimum absolute atomic E-state index is 0.127. The van der Waals surface area contributed by atoms with Crippen molar-refractivity contribution in [2.24, 2.45) is 5.92 Å². The van der Waals surface area contributed by atoms with Crippen LogP contribution >= 0.6 is 0 Å². The molecular formula is C15H11F2NO3. The third-order valence-electron chi connectivity index (χ3n) is 3.67. The summed E-state index contributed by atoms with van der Waals surface area (Å²) in [4.78, 5) is 23.6. The number of methoxy groups -OCH3 is 1. The van der Waals surface area contributed by atoms with Gasteiger partial charge in [0, 0.05) is 5.92 Å². The molecule has 1 saturated heterocycles. The van der Waals surface area contributed by atoms with Crippen molar-refractivity contribution in [3.8, 4) is 0 Å². The van der Waals surface area contributed by atoms with Gasteiger partial charge in [0.25, 0.3) is 5.91 Å². The number of carbonyl (C=O) groups excluding carboxylic acids is 2. The van der Waals surface area contributed by atoms with E-state index in [1.54, 1.807) is 0 Å². The lowest BCUT2D eigenvalue weighted by Crippen LogP contribution is -2.24. The number of allylic oxidation sites excluding steroid dienone is 3. The van der Waals surface area contributed by atoms with Gasteiger partial charge in [-0.2, -0.15) is 0 Å². The molecule has 1 amide bonds.